The third-order valence-electron chi connectivity index (χ3n) is 2.26. The molecule has 0 aliphatic heterocycles. The predicted molar refractivity (Wildman–Crippen MR) is 60.6 cm³/mol. The summed E-state index contributed by atoms with van der Waals surface area (Å²) in [6, 6.07) is 6.37. The average molecular weight is 236 g/mol. The Kier molecular flexibility index (Phi) is 2.91. The summed E-state index contributed by atoms with van der Waals surface area (Å²) in [4.78, 5) is 4.02. The Morgan fingerprint density at radius 1 is 1.12 bits per heavy atom. The van der Waals surface area contributed by atoms with Crippen LogP contribution < -0.4 is 10.5 Å². The fraction of sp³-hybridized carbons (Fsp3) is 0.0833. The molecule has 0 aliphatic carbocycles. The standard InChI is InChI=1S/C12H10F2N2O/c1-17-11-3-2-10(16-12(11)15)7-4-8(13)6-9(14)5-7/h2-6H,1H3,(H2,15,16). The number of nitrogen functional groups attached to an aromatic ring is 1. The lowest BCUT2D eigenvalue weighted by Gasteiger charge is -2.06. The van der Waals surface area contributed by atoms with Gasteiger partial charge in [-0.1, -0.05) is 0 Å². The van der Waals surface area contributed by atoms with Crippen molar-refractivity contribution in [1.29, 1.82) is 0 Å². The topological polar surface area (TPSA) is 48.1 Å². The minimum atomic E-state index is -0.656. The maximum Gasteiger partial charge on any atom is 0.166 e. The summed E-state index contributed by atoms with van der Waals surface area (Å²) in [5, 5.41) is 0. The van der Waals surface area contributed by atoms with Crippen molar-refractivity contribution < 1.29 is 13.5 Å². The van der Waals surface area contributed by atoms with E-state index < -0.39 is 11.6 Å². The van der Waals surface area contributed by atoms with Gasteiger partial charge < -0.3 is 10.5 Å². The second-order valence-corrected chi connectivity index (χ2v) is 3.44. The summed E-state index contributed by atoms with van der Waals surface area (Å²) >= 11 is 0. The van der Waals surface area contributed by atoms with Gasteiger partial charge in [0.15, 0.2) is 11.6 Å². The molecule has 2 rings (SSSR count). The first-order valence-corrected chi connectivity index (χ1v) is 4.87. The van der Waals surface area contributed by atoms with Crippen LogP contribution in [0, 0.1) is 11.6 Å². The molecule has 0 fully saturated rings. The normalized spacial score (nSPS) is 10.3. The van der Waals surface area contributed by atoms with E-state index in [9.17, 15) is 8.78 Å². The number of hydrogen-bond acceptors (Lipinski definition) is 3. The van der Waals surface area contributed by atoms with Gasteiger partial charge in [0.2, 0.25) is 0 Å². The lowest BCUT2D eigenvalue weighted by atomic mass is 10.1. The van der Waals surface area contributed by atoms with Gasteiger partial charge in [0, 0.05) is 11.6 Å². The van der Waals surface area contributed by atoms with Crippen molar-refractivity contribution in [3.8, 4) is 17.0 Å². The first kappa shape index (κ1) is 11.3. The molecule has 0 radical (unpaired) electrons. The van der Waals surface area contributed by atoms with Crippen LogP contribution in [0.2, 0.25) is 0 Å². The zero-order valence-electron chi connectivity index (χ0n) is 9.08. The number of rotatable bonds is 2. The van der Waals surface area contributed by atoms with Crippen molar-refractivity contribution >= 4 is 5.82 Å². The van der Waals surface area contributed by atoms with Gasteiger partial charge in [0.1, 0.15) is 11.6 Å². The van der Waals surface area contributed by atoms with Crippen LogP contribution in [0.15, 0.2) is 30.3 Å². The number of aromatic nitrogens is 1. The van der Waals surface area contributed by atoms with Gasteiger partial charge in [-0.3, -0.25) is 0 Å². The van der Waals surface area contributed by atoms with Crippen LogP contribution in [0.5, 0.6) is 5.75 Å². The first-order chi connectivity index (χ1) is 8.10. The molecule has 5 heteroatoms. The molecule has 0 aliphatic rings. The lowest BCUT2D eigenvalue weighted by Crippen LogP contribution is -1.97. The van der Waals surface area contributed by atoms with Gasteiger partial charge in [0.25, 0.3) is 0 Å². The summed E-state index contributed by atoms with van der Waals surface area (Å²) in [6.07, 6.45) is 0. The second-order valence-electron chi connectivity index (χ2n) is 3.44. The summed E-state index contributed by atoms with van der Waals surface area (Å²) in [6.45, 7) is 0. The number of halogens is 2. The lowest BCUT2D eigenvalue weighted by molar-refractivity contribution is 0.415. The Bertz CT molecular complexity index is 538. The maximum absolute atomic E-state index is 13.0. The van der Waals surface area contributed by atoms with Gasteiger partial charge in [-0.15, -0.1) is 0 Å². The molecule has 88 valence electrons. The Morgan fingerprint density at radius 3 is 2.29 bits per heavy atom. The van der Waals surface area contributed by atoms with E-state index in [1.165, 1.54) is 19.2 Å². The van der Waals surface area contributed by atoms with E-state index >= 15 is 0 Å². The molecule has 3 nitrogen and oxygen atoms in total. The van der Waals surface area contributed by atoms with E-state index in [4.69, 9.17) is 10.5 Å². The summed E-state index contributed by atoms with van der Waals surface area (Å²) < 4.78 is 31.0. The maximum atomic E-state index is 13.0. The molecule has 0 amide bonds. The zero-order chi connectivity index (χ0) is 12.4. The fourth-order valence-corrected chi connectivity index (χ4v) is 1.50. The second kappa shape index (κ2) is 4.37. The van der Waals surface area contributed by atoms with Crippen molar-refractivity contribution in [3.63, 3.8) is 0 Å². The highest BCUT2D eigenvalue weighted by Gasteiger charge is 2.07. The minimum Gasteiger partial charge on any atom is -0.493 e. The Balaban J connectivity index is 2.49. The molecular formula is C12H10F2N2O. The smallest absolute Gasteiger partial charge is 0.166 e. The van der Waals surface area contributed by atoms with Crippen molar-refractivity contribution in [1.82, 2.24) is 4.98 Å². The van der Waals surface area contributed by atoms with Gasteiger partial charge in [-0.25, -0.2) is 13.8 Å². The highest BCUT2D eigenvalue weighted by Crippen LogP contribution is 2.25. The zero-order valence-corrected chi connectivity index (χ0v) is 9.08. The number of hydrogen-bond donors (Lipinski definition) is 1. The van der Waals surface area contributed by atoms with E-state index in [-0.39, 0.29) is 5.82 Å². The van der Waals surface area contributed by atoms with E-state index in [0.717, 1.165) is 6.07 Å². The number of ether oxygens (including phenoxy) is 1. The van der Waals surface area contributed by atoms with Crippen LogP contribution in [0.3, 0.4) is 0 Å². The third-order valence-corrected chi connectivity index (χ3v) is 2.26. The number of nitrogens with two attached hydrogens (primary N) is 1. The van der Waals surface area contributed by atoms with Crippen molar-refractivity contribution in [2.45, 2.75) is 0 Å². The largest absolute Gasteiger partial charge is 0.493 e. The molecule has 1 aromatic heterocycles. The number of pyridine rings is 1. The van der Waals surface area contributed by atoms with Gasteiger partial charge in [-0.05, 0) is 24.3 Å². The molecule has 0 unspecified atom stereocenters. The van der Waals surface area contributed by atoms with Gasteiger partial charge in [-0.2, -0.15) is 0 Å². The quantitative estimate of drug-likeness (QED) is 0.871. The van der Waals surface area contributed by atoms with E-state index in [1.807, 2.05) is 0 Å². The summed E-state index contributed by atoms with van der Waals surface area (Å²) in [7, 11) is 1.47. The van der Waals surface area contributed by atoms with E-state index in [0.29, 0.717) is 17.0 Å². The number of benzene rings is 1. The molecule has 1 aromatic carbocycles. The SMILES string of the molecule is COc1ccc(-c2cc(F)cc(F)c2)nc1N. The Labute approximate surface area is 96.9 Å². The van der Waals surface area contributed by atoms with Crippen LogP contribution in [-0.2, 0) is 0 Å². The number of methoxy groups -OCH3 is 1. The molecule has 1 heterocycles. The third kappa shape index (κ3) is 2.33. The number of nitrogens with zero attached hydrogens (tertiary/aromatic N) is 1. The van der Waals surface area contributed by atoms with Gasteiger partial charge >= 0.3 is 0 Å². The molecule has 2 N–H and O–H groups in total. The molecule has 0 saturated heterocycles. The summed E-state index contributed by atoms with van der Waals surface area (Å²) in [5.74, 6) is -0.715. The summed E-state index contributed by atoms with van der Waals surface area (Å²) in [5.41, 5.74) is 6.34. The Morgan fingerprint density at radius 2 is 1.76 bits per heavy atom. The van der Waals surface area contributed by atoms with Gasteiger partial charge in [0.05, 0.1) is 12.8 Å². The highest BCUT2D eigenvalue weighted by atomic mass is 19.1. The monoisotopic (exact) mass is 236 g/mol. The molecule has 0 atom stereocenters. The van der Waals surface area contributed by atoms with Crippen LogP contribution in [0.25, 0.3) is 11.3 Å². The van der Waals surface area contributed by atoms with Crippen molar-refractivity contribution in [2.75, 3.05) is 12.8 Å². The van der Waals surface area contributed by atoms with Crippen LogP contribution >= 0.6 is 0 Å². The molecule has 0 bridgehead atoms. The minimum absolute atomic E-state index is 0.176. The van der Waals surface area contributed by atoms with Crippen LogP contribution in [0.1, 0.15) is 0 Å². The molecule has 2 aromatic rings. The molecular weight excluding hydrogens is 226 g/mol. The first-order valence-electron chi connectivity index (χ1n) is 4.87. The molecule has 0 saturated carbocycles. The number of anilines is 1. The van der Waals surface area contributed by atoms with Crippen LogP contribution in [0.4, 0.5) is 14.6 Å². The van der Waals surface area contributed by atoms with E-state index in [2.05, 4.69) is 4.98 Å². The molecule has 17 heavy (non-hydrogen) atoms. The average Bonchev–Trinajstić information content (AvgIpc) is 2.27. The highest BCUT2D eigenvalue weighted by molar-refractivity contribution is 5.63. The van der Waals surface area contributed by atoms with E-state index in [1.54, 1.807) is 12.1 Å². The molecule has 0 spiro atoms. The fourth-order valence-electron chi connectivity index (χ4n) is 1.50. The van der Waals surface area contributed by atoms with Crippen molar-refractivity contribution in [3.05, 3.63) is 42.0 Å². The van der Waals surface area contributed by atoms with Crippen molar-refractivity contribution in [2.24, 2.45) is 0 Å². The Hall–Kier alpha value is -2.17. The van der Waals surface area contributed by atoms with Crippen LogP contribution in [-0.4, -0.2) is 12.1 Å². The predicted octanol–water partition coefficient (Wildman–Crippen LogP) is 2.62.